The summed E-state index contributed by atoms with van der Waals surface area (Å²) in [6, 6.07) is 11.0. The Labute approximate surface area is 186 Å². The van der Waals surface area contributed by atoms with E-state index in [9.17, 15) is 9.59 Å². The molecule has 6 nitrogen and oxygen atoms in total. The molecule has 160 valence electrons. The fourth-order valence-corrected chi connectivity index (χ4v) is 3.16. The molecule has 0 spiro atoms. The lowest BCUT2D eigenvalue weighted by Gasteiger charge is -2.16. The van der Waals surface area contributed by atoms with Crippen LogP contribution in [0, 0.1) is 6.92 Å². The molecule has 0 aliphatic heterocycles. The van der Waals surface area contributed by atoms with Gasteiger partial charge in [0.05, 0.1) is 19.8 Å². The summed E-state index contributed by atoms with van der Waals surface area (Å²) in [6.45, 7) is 5.73. The van der Waals surface area contributed by atoms with Crippen LogP contribution in [0.5, 0.6) is 11.5 Å². The molecule has 0 fully saturated rings. The molecule has 0 saturated heterocycles. The highest BCUT2D eigenvalue weighted by Gasteiger charge is 2.12. The third kappa shape index (κ3) is 6.91. The van der Waals surface area contributed by atoms with E-state index in [-0.39, 0.29) is 24.5 Å². The van der Waals surface area contributed by atoms with Crippen LogP contribution in [-0.2, 0) is 9.59 Å². The molecule has 2 amide bonds. The maximum Gasteiger partial charge on any atom is 0.246 e. The quantitative estimate of drug-likeness (QED) is 0.564. The fraction of sp³-hybridized carbons (Fsp3) is 0.304. The molecular formula is C23H27BrN2O4. The summed E-state index contributed by atoms with van der Waals surface area (Å²) in [5, 5.41) is 2.83. The maximum atomic E-state index is 12.4. The van der Waals surface area contributed by atoms with E-state index in [1.54, 1.807) is 32.4 Å². The number of ether oxygens (including phenoxy) is 2. The van der Waals surface area contributed by atoms with E-state index in [1.807, 2.05) is 45.0 Å². The van der Waals surface area contributed by atoms with Crippen LogP contribution in [0.4, 0.5) is 5.69 Å². The number of methoxy groups -OCH3 is 1. The van der Waals surface area contributed by atoms with E-state index in [4.69, 9.17) is 9.47 Å². The summed E-state index contributed by atoms with van der Waals surface area (Å²) in [6.07, 6.45) is 3.13. The Morgan fingerprint density at radius 3 is 2.53 bits per heavy atom. The van der Waals surface area contributed by atoms with Crippen LogP contribution in [0.3, 0.4) is 0 Å². The summed E-state index contributed by atoms with van der Waals surface area (Å²) in [5.74, 6) is 0.699. The van der Waals surface area contributed by atoms with Gasteiger partial charge in [0.1, 0.15) is 0 Å². The summed E-state index contributed by atoms with van der Waals surface area (Å²) in [4.78, 5) is 26.0. The molecule has 0 atom stereocenters. The average Bonchev–Trinajstić information content (AvgIpc) is 2.68. The van der Waals surface area contributed by atoms with E-state index >= 15 is 0 Å². The zero-order chi connectivity index (χ0) is 22.3. The lowest BCUT2D eigenvalue weighted by Crippen LogP contribution is -2.34. The number of carbonyl (C=O) groups is 2. The number of nitrogens with zero attached hydrogens (tertiary/aromatic N) is 1. The van der Waals surface area contributed by atoms with Crippen LogP contribution < -0.4 is 14.8 Å². The molecule has 0 saturated carbocycles. The van der Waals surface area contributed by atoms with Gasteiger partial charge in [-0.1, -0.05) is 22.0 Å². The van der Waals surface area contributed by atoms with Crippen molar-refractivity contribution in [1.29, 1.82) is 0 Å². The minimum atomic E-state index is -0.279. The molecule has 0 heterocycles. The van der Waals surface area contributed by atoms with Crippen molar-refractivity contribution >= 4 is 39.5 Å². The second kappa shape index (κ2) is 10.8. The molecule has 0 unspecified atom stereocenters. The van der Waals surface area contributed by atoms with Crippen LogP contribution in [0.1, 0.15) is 25.0 Å². The fourth-order valence-electron chi connectivity index (χ4n) is 2.68. The van der Waals surface area contributed by atoms with Crippen LogP contribution >= 0.6 is 15.9 Å². The molecule has 2 rings (SSSR count). The Hall–Kier alpha value is -2.80. The Morgan fingerprint density at radius 1 is 1.17 bits per heavy atom. The molecule has 30 heavy (non-hydrogen) atoms. The number of amides is 2. The molecule has 7 heteroatoms. The average molecular weight is 475 g/mol. The van der Waals surface area contributed by atoms with Gasteiger partial charge in [0.15, 0.2) is 11.5 Å². The lowest BCUT2D eigenvalue weighted by atomic mass is 10.2. The van der Waals surface area contributed by atoms with Gasteiger partial charge < -0.3 is 19.7 Å². The van der Waals surface area contributed by atoms with Gasteiger partial charge >= 0.3 is 0 Å². The standard InChI is InChI=1S/C23H27BrN2O4/c1-15(2)30-20-10-6-17(13-21(20)29-5)7-11-23(28)26(4)14-22(27)25-19-9-8-18(24)12-16(19)3/h6-13,15H,14H2,1-5H3,(H,25,27)/b11-7+. The first-order chi connectivity index (χ1) is 14.2. The zero-order valence-electron chi connectivity index (χ0n) is 17.9. The summed E-state index contributed by atoms with van der Waals surface area (Å²) in [5.41, 5.74) is 2.44. The molecule has 1 N–H and O–H groups in total. The number of halogens is 1. The highest BCUT2D eigenvalue weighted by molar-refractivity contribution is 9.10. The van der Waals surface area contributed by atoms with E-state index in [1.165, 1.54) is 11.0 Å². The predicted molar refractivity (Wildman–Crippen MR) is 123 cm³/mol. The van der Waals surface area contributed by atoms with Gasteiger partial charge in [0.2, 0.25) is 11.8 Å². The van der Waals surface area contributed by atoms with Crippen LogP contribution in [0.15, 0.2) is 46.9 Å². The van der Waals surface area contributed by atoms with Crippen molar-refractivity contribution in [1.82, 2.24) is 4.90 Å². The molecule has 0 aromatic heterocycles. The Kier molecular flexibility index (Phi) is 8.47. The van der Waals surface area contributed by atoms with Gasteiger partial charge in [-0.15, -0.1) is 0 Å². The number of hydrogen-bond acceptors (Lipinski definition) is 4. The van der Waals surface area contributed by atoms with Gasteiger partial charge in [-0.05, 0) is 68.3 Å². The predicted octanol–water partition coefficient (Wildman–Crippen LogP) is 4.66. The normalized spacial score (nSPS) is 10.9. The summed E-state index contributed by atoms with van der Waals surface area (Å²) in [7, 11) is 3.15. The molecule has 0 bridgehead atoms. The Balaban J connectivity index is 1.97. The molecule has 2 aromatic carbocycles. The van der Waals surface area contributed by atoms with Crippen molar-refractivity contribution in [3.05, 3.63) is 58.1 Å². The van der Waals surface area contributed by atoms with Crippen molar-refractivity contribution in [3.63, 3.8) is 0 Å². The largest absolute Gasteiger partial charge is 0.493 e. The van der Waals surface area contributed by atoms with Crippen LogP contribution in [-0.4, -0.2) is 43.5 Å². The number of carbonyl (C=O) groups excluding carboxylic acids is 2. The number of likely N-dealkylation sites (N-methyl/N-ethyl adjacent to an activating group) is 1. The van der Waals surface area contributed by atoms with Gasteiger partial charge in [0.25, 0.3) is 0 Å². The van der Waals surface area contributed by atoms with E-state index in [2.05, 4.69) is 21.2 Å². The number of aryl methyl sites for hydroxylation is 1. The third-order valence-corrected chi connectivity index (χ3v) is 4.68. The second-order valence-electron chi connectivity index (χ2n) is 7.11. The number of rotatable bonds is 8. The Bertz CT molecular complexity index is 941. The zero-order valence-corrected chi connectivity index (χ0v) is 19.4. The van der Waals surface area contributed by atoms with Gasteiger partial charge in [-0.3, -0.25) is 9.59 Å². The van der Waals surface area contributed by atoms with Crippen molar-refractivity contribution in [2.24, 2.45) is 0 Å². The van der Waals surface area contributed by atoms with Crippen molar-refractivity contribution in [3.8, 4) is 11.5 Å². The maximum absolute atomic E-state index is 12.4. The van der Waals surface area contributed by atoms with E-state index in [0.29, 0.717) is 11.5 Å². The van der Waals surface area contributed by atoms with E-state index < -0.39 is 0 Å². The van der Waals surface area contributed by atoms with Crippen LogP contribution in [0.25, 0.3) is 6.08 Å². The summed E-state index contributed by atoms with van der Waals surface area (Å²) < 4.78 is 12.0. The monoisotopic (exact) mass is 474 g/mol. The number of anilines is 1. The molecule has 2 aromatic rings. The first kappa shape index (κ1) is 23.5. The van der Waals surface area contributed by atoms with Gasteiger partial charge in [0, 0.05) is 23.3 Å². The van der Waals surface area contributed by atoms with E-state index in [0.717, 1.165) is 21.3 Å². The first-order valence-electron chi connectivity index (χ1n) is 9.53. The minimum Gasteiger partial charge on any atom is -0.493 e. The number of nitrogens with one attached hydrogen (secondary N) is 1. The minimum absolute atomic E-state index is 0.0304. The number of benzene rings is 2. The molecule has 0 radical (unpaired) electrons. The highest BCUT2D eigenvalue weighted by Crippen LogP contribution is 2.29. The first-order valence-corrected chi connectivity index (χ1v) is 10.3. The topological polar surface area (TPSA) is 67.9 Å². The van der Waals surface area contributed by atoms with Crippen molar-refractivity contribution in [2.45, 2.75) is 26.9 Å². The Morgan fingerprint density at radius 2 is 1.90 bits per heavy atom. The lowest BCUT2D eigenvalue weighted by molar-refractivity contribution is -0.129. The molecule has 0 aliphatic rings. The highest BCUT2D eigenvalue weighted by atomic mass is 79.9. The summed E-state index contributed by atoms with van der Waals surface area (Å²) >= 11 is 3.39. The SMILES string of the molecule is COc1cc(/C=C/C(=O)N(C)CC(=O)Nc2ccc(Br)cc2C)ccc1OC(C)C. The van der Waals surface area contributed by atoms with Crippen LogP contribution in [0.2, 0.25) is 0 Å². The smallest absolute Gasteiger partial charge is 0.246 e. The molecular weight excluding hydrogens is 448 g/mol. The van der Waals surface area contributed by atoms with Gasteiger partial charge in [-0.25, -0.2) is 0 Å². The second-order valence-corrected chi connectivity index (χ2v) is 8.03. The van der Waals surface area contributed by atoms with Crippen molar-refractivity contribution < 1.29 is 19.1 Å². The number of hydrogen-bond donors (Lipinski definition) is 1. The third-order valence-electron chi connectivity index (χ3n) is 4.19. The molecule has 0 aliphatic carbocycles. The van der Waals surface area contributed by atoms with Crippen molar-refractivity contribution in [2.75, 3.05) is 26.0 Å². The van der Waals surface area contributed by atoms with Gasteiger partial charge in [-0.2, -0.15) is 0 Å².